The number of aromatic nitrogens is 2. The molecule has 0 atom stereocenters. The first-order valence-electron chi connectivity index (χ1n) is 3.94. The fourth-order valence-corrected chi connectivity index (χ4v) is 1.42. The normalized spacial score (nSPS) is 15.8. The molecule has 2 heterocycles. The maximum atomic E-state index is 5.49. The number of nitrogens with zero attached hydrogens (tertiary/aromatic N) is 2. The summed E-state index contributed by atoms with van der Waals surface area (Å²) in [5.41, 5.74) is 2.26. The zero-order valence-electron chi connectivity index (χ0n) is 6.92. The van der Waals surface area contributed by atoms with Gasteiger partial charge in [0.1, 0.15) is 5.69 Å². The van der Waals surface area contributed by atoms with Crippen molar-refractivity contribution < 1.29 is 4.74 Å². The van der Waals surface area contributed by atoms with Crippen molar-refractivity contribution >= 4 is 0 Å². The lowest BCUT2D eigenvalue weighted by molar-refractivity contribution is 0.286. The van der Waals surface area contributed by atoms with Crippen LogP contribution in [0.4, 0.5) is 0 Å². The van der Waals surface area contributed by atoms with E-state index in [0.29, 0.717) is 0 Å². The highest BCUT2D eigenvalue weighted by Crippen LogP contribution is 2.26. The second-order valence-corrected chi connectivity index (χ2v) is 2.94. The van der Waals surface area contributed by atoms with Crippen molar-refractivity contribution in [1.82, 2.24) is 9.78 Å². The number of hydrogen-bond acceptors (Lipinski definition) is 2. The number of ether oxygens (including phenoxy) is 1. The summed E-state index contributed by atoms with van der Waals surface area (Å²) in [7, 11) is 1.96. The summed E-state index contributed by atoms with van der Waals surface area (Å²) in [6, 6.07) is 0. The molecular weight excluding hydrogens is 140 g/mol. The third-order valence-corrected chi connectivity index (χ3v) is 2.15. The van der Waals surface area contributed by atoms with E-state index < -0.39 is 0 Å². The van der Waals surface area contributed by atoms with E-state index >= 15 is 0 Å². The van der Waals surface area contributed by atoms with Crippen LogP contribution >= 0.6 is 0 Å². The van der Waals surface area contributed by atoms with Crippen molar-refractivity contribution in [2.45, 2.75) is 19.8 Å². The molecule has 0 unspecified atom stereocenters. The first kappa shape index (κ1) is 6.70. The van der Waals surface area contributed by atoms with Gasteiger partial charge in [-0.25, -0.2) is 0 Å². The standard InChI is InChI=1S/C8H12N2O/c1-6-8-7(9-10(6)2)4-3-5-11-8/h3-5H2,1-2H3. The zero-order chi connectivity index (χ0) is 7.84. The highest BCUT2D eigenvalue weighted by molar-refractivity contribution is 5.34. The molecule has 1 aliphatic rings. The second kappa shape index (κ2) is 2.26. The summed E-state index contributed by atoms with van der Waals surface area (Å²) in [6.07, 6.45) is 2.17. The van der Waals surface area contributed by atoms with Crippen molar-refractivity contribution in [3.05, 3.63) is 11.4 Å². The van der Waals surface area contributed by atoms with Gasteiger partial charge in [-0.2, -0.15) is 5.10 Å². The first-order chi connectivity index (χ1) is 5.29. The molecule has 1 aliphatic heterocycles. The van der Waals surface area contributed by atoms with E-state index in [4.69, 9.17) is 4.74 Å². The van der Waals surface area contributed by atoms with Gasteiger partial charge in [0.15, 0.2) is 5.75 Å². The highest BCUT2D eigenvalue weighted by Gasteiger charge is 2.17. The molecule has 60 valence electrons. The van der Waals surface area contributed by atoms with Crippen molar-refractivity contribution in [3.63, 3.8) is 0 Å². The summed E-state index contributed by atoms with van der Waals surface area (Å²) in [5.74, 6) is 1.01. The van der Waals surface area contributed by atoms with Gasteiger partial charge in [-0.1, -0.05) is 0 Å². The van der Waals surface area contributed by atoms with Crippen LogP contribution in [0.2, 0.25) is 0 Å². The molecule has 11 heavy (non-hydrogen) atoms. The average Bonchev–Trinajstić information content (AvgIpc) is 2.30. The number of hydrogen-bond donors (Lipinski definition) is 0. The SMILES string of the molecule is Cc1c2c(nn1C)CCCO2. The monoisotopic (exact) mass is 152 g/mol. The minimum atomic E-state index is 0.847. The fourth-order valence-electron chi connectivity index (χ4n) is 1.42. The minimum Gasteiger partial charge on any atom is -0.490 e. The smallest absolute Gasteiger partial charge is 0.163 e. The molecule has 3 heteroatoms. The lowest BCUT2D eigenvalue weighted by Gasteiger charge is -2.11. The van der Waals surface area contributed by atoms with Gasteiger partial charge in [0.05, 0.1) is 12.3 Å². The van der Waals surface area contributed by atoms with E-state index in [1.165, 1.54) is 0 Å². The lowest BCUT2D eigenvalue weighted by atomic mass is 10.2. The van der Waals surface area contributed by atoms with Crippen LogP contribution in [0, 0.1) is 6.92 Å². The number of rotatable bonds is 0. The summed E-state index contributed by atoms with van der Waals surface area (Å²) in [6.45, 7) is 2.89. The molecule has 0 aromatic carbocycles. The first-order valence-corrected chi connectivity index (χ1v) is 3.94. The maximum Gasteiger partial charge on any atom is 0.163 e. The molecule has 0 bridgehead atoms. The highest BCUT2D eigenvalue weighted by atomic mass is 16.5. The van der Waals surface area contributed by atoms with Gasteiger partial charge in [0, 0.05) is 7.05 Å². The van der Waals surface area contributed by atoms with Crippen molar-refractivity contribution in [2.75, 3.05) is 6.61 Å². The molecule has 0 N–H and O–H groups in total. The van der Waals surface area contributed by atoms with E-state index in [-0.39, 0.29) is 0 Å². The Morgan fingerprint density at radius 1 is 1.55 bits per heavy atom. The Bertz CT molecular complexity index is 278. The van der Waals surface area contributed by atoms with Crippen molar-refractivity contribution in [3.8, 4) is 5.75 Å². The third kappa shape index (κ3) is 0.914. The average molecular weight is 152 g/mol. The Labute approximate surface area is 66.0 Å². The molecule has 0 radical (unpaired) electrons. The third-order valence-electron chi connectivity index (χ3n) is 2.15. The van der Waals surface area contributed by atoms with Crippen LogP contribution in [0.5, 0.6) is 5.75 Å². The van der Waals surface area contributed by atoms with Crippen LogP contribution in [-0.4, -0.2) is 16.4 Å². The van der Waals surface area contributed by atoms with Gasteiger partial charge in [0.25, 0.3) is 0 Å². The summed E-state index contributed by atoms with van der Waals surface area (Å²) in [5, 5.41) is 4.34. The van der Waals surface area contributed by atoms with E-state index in [0.717, 1.165) is 36.6 Å². The molecule has 0 saturated heterocycles. The Hall–Kier alpha value is -0.990. The largest absolute Gasteiger partial charge is 0.490 e. The predicted octanol–water partition coefficient (Wildman–Crippen LogP) is 1.05. The van der Waals surface area contributed by atoms with Crippen LogP contribution in [-0.2, 0) is 13.5 Å². The fraction of sp³-hybridized carbons (Fsp3) is 0.625. The van der Waals surface area contributed by atoms with Crippen molar-refractivity contribution in [2.24, 2.45) is 7.05 Å². The molecule has 1 aromatic heterocycles. The summed E-state index contributed by atoms with van der Waals surface area (Å²) >= 11 is 0. The molecule has 0 fully saturated rings. The van der Waals surface area contributed by atoms with Gasteiger partial charge in [0.2, 0.25) is 0 Å². The summed E-state index contributed by atoms with van der Waals surface area (Å²) in [4.78, 5) is 0. The van der Waals surface area contributed by atoms with Gasteiger partial charge in [-0.15, -0.1) is 0 Å². The molecular formula is C8H12N2O. The van der Waals surface area contributed by atoms with E-state index in [1.807, 2.05) is 18.7 Å². The molecule has 0 amide bonds. The molecule has 0 aliphatic carbocycles. The Kier molecular flexibility index (Phi) is 1.37. The maximum absolute atomic E-state index is 5.49. The van der Waals surface area contributed by atoms with Gasteiger partial charge < -0.3 is 4.74 Å². The molecule has 2 rings (SSSR count). The zero-order valence-corrected chi connectivity index (χ0v) is 6.92. The van der Waals surface area contributed by atoms with E-state index in [1.54, 1.807) is 0 Å². The Morgan fingerprint density at radius 3 is 3.09 bits per heavy atom. The van der Waals surface area contributed by atoms with Crippen LogP contribution in [0.3, 0.4) is 0 Å². The lowest BCUT2D eigenvalue weighted by Crippen LogP contribution is -2.07. The van der Waals surface area contributed by atoms with Crippen LogP contribution < -0.4 is 4.74 Å². The van der Waals surface area contributed by atoms with Crippen LogP contribution in [0.25, 0.3) is 0 Å². The minimum absolute atomic E-state index is 0.847. The van der Waals surface area contributed by atoms with Gasteiger partial charge in [-0.3, -0.25) is 4.68 Å². The quantitative estimate of drug-likeness (QED) is 0.555. The van der Waals surface area contributed by atoms with Gasteiger partial charge >= 0.3 is 0 Å². The van der Waals surface area contributed by atoms with Gasteiger partial charge in [-0.05, 0) is 19.8 Å². The Morgan fingerprint density at radius 2 is 2.36 bits per heavy atom. The predicted molar refractivity (Wildman–Crippen MR) is 41.8 cm³/mol. The van der Waals surface area contributed by atoms with Crippen LogP contribution in [0.1, 0.15) is 17.8 Å². The molecule has 3 nitrogen and oxygen atoms in total. The molecule has 1 aromatic rings. The topological polar surface area (TPSA) is 27.1 Å². The summed E-state index contributed by atoms with van der Waals surface area (Å²) < 4.78 is 7.38. The van der Waals surface area contributed by atoms with E-state index in [2.05, 4.69) is 5.10 Å². The van der Waals surface area contributed by atoms with E-state index in [9.17, 15) is 0 Å². The van der Waals surface area contributed by atoms with Crippen molar-refractivity contribution in [1.29, 1.82) is 0 Å². The number of fused-ring (bicyclic) bond motifs is 1. The molecule has 0 spiro atoms. The Balaban J connectivity index is 2.50. The second-order valence-electron chi connectivity index (χ2n) is 2.94. The molecule has 0 saturated carbocycles. The van der Waals surface area contributed by atoms with Crippen LogP contribution in [0.15, 0.2) is 0 Å². The number of aryl methyl sites for hydroxylation is 2.